The van der Waals surface area contributed by atoms with Gasteiger partial charge in [0, 0.05) is 37.7 Å². The summed E-state index contributed by atoms with van der Waals surface area (Å²) in [6.45, 7) is 3.90. The smallest absolute Gasteiger partial charge is 0.343 e. The molecule has 2 heterocycles. The fourth-order valence-corrected chi connectivity index (χ4v) is 4.30. The van der Waals surface area contributed by atoms with Crippen molar-refractivity contribution in [3.8, 4) is 16.9 Å². The summed E-state index contributed by atoms with van der Waals surface area (Å²) >= 11 is 1.61. The molecule has 0 N–H and O–H groups in total. The van der Waals surface area contributed by atoms with Gasteiger partial charge in [-0.25, -0.2) is 9.78 Å². The lowest BCUT2D eigenvalue weighted by atomic mass is 10.1. The third-order valence-electron chi connectivity index (χ3n) is 4.98. The molecule has 31 heavy (non-hydrogen) atoms. The standard InChI is InChI=1S/C24H23N3O3S/c1-5-30-24(29)19-14-27(18-10-11-20-23(12-18)31-15(2)25-20)21(13-22(19)28)16-6-8-17(9-7-16)26(3)4/h6-14H,5H2,1-4H3. The number of aromatic nitrogens is 2. The zero-order valence-electron chi connectivity index (χ0n) is 17.9. The molecule has 0 aliphatic rings. The average molecular weight is 434 g/mol. The molecule has 7 heteroatoms. The molecule has 0 bridgehead atoms. The number of carbonyl (C=O) groups excluding carboxylic acids is 1. The number of anilines is 1. The zero-order valence-corrected chi connectivity index (χ0v) is 18.7. The summed E-state index contributed by atoms with van der Waals surface area (Å²) in [5.74, 6) is -0.620. The number of thiazole rings is 1. The first-order chi connectivity index (χ1) is 14.9. The van der Waals surface area contributed by atoms with E-state index in [0.29, 0.717) is 5.69 Å². The van der Waals surface area contributed by atoms with Gasteiger partial charge in [-0.05, 0) is 49.7 Å². The summed E-state index contributed by atoms with van der Waals surface area (Å²) in [7, 11) is 3.96. The molecule has 0 aliphatic carbocycles. The first-order valence-corrected chi connectivity index (χ1v) is 10.8. The Bertz CT molecular complexity index is 1320. The summed E-state index contributed by atoms with van der Waals surface area (Å²) in [5, 5.41) is 0.985. The molecule has 2 aromatic carbocycles. The normalized spacial score (nSPS) is 11.0. The molecule has 4 aromatic rings. The second-order valence-corrected chi connectivity index (χ2v) is 8.59. The Morgan fingerprint density at radius 2 is 1.87 bits per heavy atom. The van der Waals surface area contributed by atoms with Crippen LogP contribution in [0.25, 0.3) is 27.2 Å². The quantitative estimate of drug-likeness (QED) is 0.428. The Morgan fingerprint density at radius 3 is 2.55 bits per heavy atom. The lowest BCUT2D eigenvalue weighted by molar-refractivity contribution is 0.0524. The van der Waals surface area contributed by atoms with E-state index in [1.165, 1.54) is 6.07 Å². The number of fused-ring (bicyclic) bond motifs is 1. The number of pyridine rings is 1. The highest BCUT2D eigenvalue weighted by molar-refractivity contribution is 7.18. The van der Waals surface area contributed by atoms with Crippen molar-refractivity contribution in [3.05, 3.63) is 75.5 Å². The van der Waals surface area contributed by atoms with Crippen molar-refractivity contribution in [2.45, 2.75) is 13.8 Å². The Kier molecular flexibility index (Phi) is 5.61. The van der Waals surface area contributed by atoms with Crippen LogP contribution in [-0.4, -0.2) is 36.2 Å². The van der Waals surface area contributed by atoms with Gasteiger partial charge in [-0.3, -0.25) is 4.79 Å². The molecule has 0 saturated heterocycles. The summed E-state index contributed by atoms with van der Waals surface area (Å²) in [6.07, 6.45) is 1.57. The molecule has 0 amide bonds. The fourth-order valence-electron chi connectivity index (χ4n) is 3.44. The zero-order chi connectivity index (χ0) is 22.1. The lowest BCUT2D eigenvalue weighted by Crippen LogP contribution is -2.20. The van der Waals surface area contributed by atoms with E-state index in [2.05, 4.69) is 4.98 Å². The monoisotopic (exact) mass is 433 g/mol. The van der Waals surface area contributed by atoms with Gasteiger partial charge in [0.25, 0.3) is 0 Å². The van der Waals surface area contributed by atoms with Crippen molar-refractivity contribution in [1.29, 1.82) is 0 Å². The third kappa shape index (κ3) is 4.09. The van der Waals surface area contributed by atoms with E-state index in [4.69, 9.17) is 4.74 Å². The highest BCUT2D eigenvalue weighted by atomic mass is 32.1. The summed E-state index contributed by atoms with van der Waals surface area (Å²) in [4.78, 5) is 31.7. The minimum absolute atomic E-state index is 0.0103. The number of hydrogen-bond donors (Lipinski definition) is 0. The number of benzene rings is 2. The van der Waals surface area contributed by atoms with Crippen LogP contribution in [0.4, 0.5) is 5.69 Å². The van der Waals surface area contributed by atoms with Gasteiger partial charge in [0.1, 0.15) is 5.56 Å². The highest BCUT2D eigenvalue weighted by Gasteiger charge is 2.17. The summed E-state index contributed by atoms with van der Waals surface area (Å²) < 4.78 is 8.00. The van der Waals surface area contributed by atoms with Gasteiger partial charge in [0.05, 0.1) is 27.5 Å². The molecule has 0 atom stereocenters. The molecule has 0 spiro atoms. The molecule has 4 rings (SSSR count). The van der Waals surface area contributed by atoms with E-state index in [1.807, 2.05) is 73.0 Å². The Balaban J connectivity index is 1.93. The minimum atomic E-state index is -0.620. The van der Waals surface area contributed by atoms with E-state index in [9.17, 15) is 9.59 Å². The largest absolute Gasteiger partial charge is 0.462 e. The molecular weight excluding hydrogens is 410 g/mol. The van der Waals surface area contributed by atoms with Gasteiger partial charge in [0.15, 0.2) is 5.43 Å². The van der Waals surface area contributed by atoms with Crippen molar-refractivity contribution in [1.82, 2.24) is 9.55 Å². The molecule has 0 saturated carbocycles. The molecule has 0 aliphatic heterocycles. The van der Waals surface area contributed by atoms with E-state index < -0.39 is 5.97 Å². The maximum atomic E-state index is 12.8. The van der Waals surface area contributed by atoms with Crippen LogP contribution in [0.3, 0.4) is 0 Å². The molecule has 6 nitrogen and oxygen atoms in total. The van der Waals surface area contributed by atoms with Crippen molar-refractivity contribution in [2.75, 3.05) is 25.6 Å². The Morgan fingerprint density at radius 1 is 1.13 bits per heavy atom. The van der Waals surface area contributed by atoms with Crippen LogP contribution in [0.5, 0.6) is 0 Å². The molecule has 2 aromatic heterocycles. The summed E-state index contributed by atoms with van der Waals surface area (Å²) in [6, 6.07) is 15.4. The number of aryl methyl sites for hydroxylation is 1. The van der Waals surface area contributed by atoms with Crippen LogP contribution in [0.1, 0.15) is 22.3 Å². The predicted octanol–water partition coefficient (Wildman–Crippen LogP) is 4.67. The number of esters is 1. The molecular formula is C24H23N3O3S. The molecule has 0 unspecified atom stereocenters. The highest BCUT2D eigenvalue weighted by Crippen LogP contribution is 2.28. The Labute approximate surface area is 184 Å². The van der Waals surface area contributed by atoms with E-state index >= 15 is 0 Å². The van der Waals surface area contributed by atoms with Crippen molar-refractivity contribution < 1.29 is 9.53 Å². The van der Waals surface area contributed by atoms with Crippen LogP contribution in [0.15, 0.2) is 59.5 Å². The van der Waals surface area contributed by atoms with Crippen molar-refractivity contribution in [3.63, 3.8) is 0 Å². The number of rotatable bonds is 5. The Hall–Kier alpha value is -3.45. The van der Waals surface area contributed by atoms with E-state index in [1.54, 1.807) is 24.5 Å². The van der Waals surface area contributed by atoms with Crippen LogP contribution in [0, 0.1) is 6.92 Å². The van der Waals surface area contributed by atoms with Gasteiger partial charge < -0.3 is 14.2 Å². The fraction of sp³-hybridized carbons (Fsp3) is 0.208. The van der Waals surface area contributed by atoms with Crippen molar-refractivity contribution >= 4 is 33.2 Å². The van der Waals surface area contributed by atoms with Crippen LogP contribution < -0.4 is 10.3 Å². The minimum Gasteiger partial charge on any atom is -0.462 e. The topological polar surface area (TPSA) is 64.4 Å². The van der Waals surface area contributed by atoms with Gasteiger partial charge >= 0.3 is 5.97 Å². The van der Waals surface area contributed by atoms with E-state index in [-0.39, 0.29) is 17.6 Å². The second-order valence-electron chi connectivity index (χ2n) is 7.35. The number of nitrogens with zero attached hydrogens (tertiary/aromatic N) is 3. The predicted molar refractivity (Wildman–Crippen MR) is 126 cm³/mol. The summed E-state index contributed by atoms with van der Waals surface area (Å²) in [5.41, 5.74) is 4.04. The van der Waals surface area contributed by atoms with Crippen LogP contribution in [0.2, 0.25) is 0 Å². The maximum absolute atomic E-state index is 12.8. The van der Waals surface area contributed by atoms with Crippen LogP contribution in [-0.2, 0) is 4.74 Å². The molecule has 0 fully saturated rings. The van der Waals surface area contributed by atoms with Gasteiger partial charge in [-0.15, -0.1) is 11.3 Å². The van der Waals surface area contributed by atoms with Crippen molar-refractivity contribution in [2.24, 2.45) is 0 Å². The molecule has 0 radical (unpaired) electrons. The average Bonchev–Trinajstić information content (AvgIpc) is 3.13. The van der Waals surface area contributed by atoms with Crippen LogP contribution >= 0.6 is 11.3 Å². The number of hydrogen-bond acceptors (Lipinski definition) is 6. The number of carbonyl (C=O) groups is 1. The second kappa shape index (κ2) is 8.35. The van der Waals surface area contributed by atoms with Gasteiger partial charge in [-0.1, -0.05) is 12.1 Å². The van der Waals surface area contributed by atoms with Gasteiger partial charge in [-0.2, -0.15) is 0 Å². The number of ether oxygens (including phenoxy) is 1. The first-order valence-electron chi connectivity index (χ1n) is 9.96. The maximum Gasteiger partial charge on any atom is 0.343 e. The third-order valence-corrected chi connectivity index (χ3v) is 5.92. The first kappa shape index (κ1) is 20.8. The lowest BCUT2D eigenvalue weighted by Gasteiger charge is -2.17. The van der Waals surface area contributed by atoms with Gasteiger partial charge in [0.2, 0.25) is 0 Å². The SMILES string of the molecule is CCOC(=O)c1cn(-c2ccc3nc(C)sc3c2)c(-c2ccc(N(C)C)cc2)cc1=O. The molecule has 158 valence electrons. The van der Waals surface area contributed by atoms with E-state index in [0.717, 1.165) is 32.2 Å².